The molecule has 0 spiro atoms. The minimum Gasteiger partial charge on any atom is -0.507 e. The van der Waals surface area contributed by atoms with Gasteiger partial charge in [-0.2, -0.15) is 5.10 Å². The van der Waals surface area contributed by atoms with Crippen molar-refractivity contribution in [3.8, 4) is 11.5 Å². The van der Waals surface area contributed by atoms with Gasteiger partial charge < -0.3 is 15.2 Å². The minimum atomic E-state index is -0.996. The number of benzene rings is 2. The lowest BCUT2D eigenvalue weighted by Crippen LogP contribution is -2.32. The number of hydrazone groups is 1. The van der Waals surface area contributed by atoms with E-state index in [1.54, 1.807) is 6.07 Å². The quantitative estimate of drug-likeness (QED) is 0.430. The van der Waals surface area contributed by atoms with E-state index in [4.69, 9.17) is 27.9 Å². The van der Waals surface area contributed by atoms with E-state index < -0.39 is 11.8 Å². The van der Waals surface area contributed by atoms with Gasteiger partial charge in [-0.05, 0) is 36.4 Å². The van der Waals surface area contributed by atoms with Gasteiger partial charge in [0.1, 0.15) is 11.5 Å². The maximum absolute atomic E-state index is 11.8. The predicted molar refractivity (Wildman–Crippen MR) is 95.5 cm³/mol. The van der Waals surface area contributed by atoms with Crippen LogP contribution in [0.25, 0.3) is 0 Å². The summed E-state index contributed by atoms with van der Waals surface area (Å²) in [6, 6.07) is 8.89. The zero-order valence-corrected chi connectivity index (χ0v) is 14.4. The summed E-state index contributed by atoms with van der Waals surface area (Å²) < 4.78 is 5.02. The van der Waals surface area contributed by atoms with Crippen LogP contribution in [-0.2, 0) is 9.59 Å². The van der Waals surface area contributed by atoms with Gasteiger partial charge in [-0.25, -0.2) is 5.43 Å². The van der Waals surface area contributed by atoms with Crippen molar-refractivity contribution in [1.82, 2.24) is 5.43 Å². The second-order valence-electron chi connectivity index (χ2n) is 4.71. The van der Waals surface area contributed by atoms with Crippen molar-refractivity contribution in [3.63, 3.8) is 0 Å². The van der Waals surface area contributed by atoms with Crippen LogP contribution in [0.4, 0.5) is 5.69 Å². The summed E-state index contributed by atoms with van der Waals surface area (Å²) in [6.45, 7) is 0. The van der Waals surface area contributed by atoms with Crippen LogP contribution in [0.15, 0.2) is 41.5 Å². The fraction of sp³-hybridized carbons (Fsp3) is 0.0625. The van der Waals surface area contributed by atoms with Gasteiger partial charge in [0.25, 0.3) is 0 Å². The topological polar surface area (TPSA) is 100 Å². The fourth-order valence-electron chi connectivity index (χ4n) is 1.74. The van der Waals surface area contributed by atoms with E-state index in [1.165, 1.54) is 43.7 Å². The molecule has 2 aromatic carbocycles. The van der Waals surface area contributed by atoms with Crippen molar-refractivity contribution >= 4 is 46.9 Å². The molecule has 0 saturated carbocycles. The fourth-order valence-corrected chi connectivity index (χ4v) is 2.03. The molecule has 0 atom stereocenters. The van der Waals surface area contributed by atoms with E-state index in [9.17, 15) is 14.7 Å². The van der Waals surface area contributed by atoms with Crippen molar-refractivity contribution in [3.05, 3.63) is 52.0 Å². The first-order chi connectivity index (χ1) is 11.9. The number of rotatable bonds is 4. The number of ether oxygens (including phenoxy) is 1. The standard InChI is InChI=1S/C16H13Cl2N3O4/c1-25-11-3-5-14(22)9(6-11)8-19-21-16(24)15(23)20-10-2-4-12(17)13(18)7-10/h2-8,22H,1H3,(H,20,23)(H,21,24). The molecular weight excluding hydrogens is 369 g/mol. The molecule has 2 rings (SSSR count). The van der Waals surface area contributed by atoms with Crippen molar-refractivity contribution in [2.45, 2.75) is 0 Å². The van der Waals surface area contributed by atoms with Crippen molar-refractivity contribution in [1.29, 1.82) is 0 Å². The molecule has 0 saturated heterocycles. The third-order valence-electron chi connectivity index (χ3n) is 2.99. The Morgan fingerprint density at radius 3 is 2.56 bits per heavy atom. The Kier molecular flexibility index (Phi) is 6.21. The minimum absolute atomic E-state index is 0.0564. The Morgan fingerprint density at radius 1 is 1.12 bits per heavy atom. The molecule has 2 amide bonds. The van der Waals surface area contributed by atoms with Crippen LogP contribution < -0.4 is 15.5 Å². The average Bonchev–Trinajstić information content (AvgIpc) is 2.59. The largest absolute Gasteiger partial charge is 0.507 e. The third kappa shape index (κ3) is 5.10. The van der Waals surface area contributed by atoms with Gasteiger partial charge in [-0.1, -0.05) is 23.2 Å². The molecule has 0 fully saturated rings. The SMILES string of the molecule is COc1ccc(O)c(C=NNC(=O)C(=O)Nc2ccc(Cl)c(Cl)c2)c1. The molecule has 0 aliphatic heterocycles. The van der Waals surface area contributed by atoms with Crippen LogP contribution in [0.5, 0.6) is 11.5 Å². The number of amides is 2. The Balaban J connectivity index is 1.97. The molecule has 9 heteroatoms. The van der Waals surface area contributed by atoms with Crippen LogP contribution in [0.1, 0.15) is 5.56 Å². The molecule has 0 unspecified atom stereocenters. The molecule has 0 bridgehead atoms. The summed E-state index contributed by atoms with van der Waals surface area (Å²) in [5.74, 6) is -1.49. The van der Waals surface area contributed by atoms with Crippen LogP contribution in [0.3, 0.4) is 0 Å². The van der Waals surface area contributed by atoms with Gasteiger partial charge in [0.2, 0.25) is 0 Å². The number of aromatic hydroxyl groups is 1. The number of phenolic OH excluding ortho intramolecular Hbond substituents is 1. The molecule has 0 radical (unpaired) electrons. The predicted octanol–water partition coefficient (Wildman–Crippen LogP) is 2.80. The number of methoxy groups -OCH3 is 1. The van der Waals surface area contributed by atoms with E-state index >= 15 is 0 Å². The summed E-state index contributed by atoms with van der Waals surface area (Å²) in [4.78, 5) is 23.5. The third-order valence-corrected chi connectivity index (χ3v) is 3.73. The van der Waals surface area contributed by atoms with Crippen molar-refractivity contribution in [2.75, 3.05) is 12.4 Å². The summed E-state index contributed by atoms with van der Waals surface area (Å²) >= 11 is 11.6. The van der Waals surface area contributed by atoms with E-state index in [0.717, 1.165) is 0 Å². The smallest absolute Gasteiger partial charge is 0.329 e. The summed E-state index contributed by atoms with van der Waals surface area (Å²) in [5.41, 5.74) is 2.67. The number of phenols is 1. The molecular formula is C16H13Cl2N3O4. The molecule has 0 heterocycles. The van der Waals surface area contributed by atoms with E-state index in [1.807, 2.05) is 5.43 Å². The maximum Gasteiger partial charge on any atom is 0.329 e. The molecule has 7 nitrogen and oxygen atoms in total. The second kappa shape index (κ2) is 8.36. The monoisotopic (exact) mass is 381 g/mol. The lowest BCUT2D eigenvalue weighted by Gasteiger charge is -2.05. The van der Waals surface area contributed by atoms with E-state index in [-0.39, 0.29) is 10.8 Å². The Labute approximate surface area is 153 Å². The number of hydrogen-bond acceptors (Lipinski definition) is 5. The number of hydrogen-bond donors (Lipinski definition) is 3. The molecule has 3 N–H and O–H groups in total. The second-order valence-corrected chi connectivity index (χ2v) is 5.52. The number of nitrogens with zero attached hydrogens (tertiary/aromatic N) is 1. The molecule has 130 valence electrons. The number of carbonyl (C=O) groups is 2. The molecule has 0 aliphatic rings. The number of nitrogens with one attached hydrogen (secondary N) is 2. The number of anilines is 1. The normalized spacial score (nSPS) is 10.5. The van der Waals surface area contributed by atoms with Gasteiger partial charge in [0.15, 0.2) is 0 Å². The van der Waals surface area contributed by atoms with Crippen molar-refractivity contribution < 1.29 is 19.4 Å². The maximum atomic E-state index is 11.8. The van der Waals surface area contributed by atoms with Gasteiger partial charge in [-0.15, -0.1) is 0 Å². The van der Waals surface area contributed by atoms with Gasteiger partial charge in [0.05, 0.1) is 23.4 Å². The lowest BCUT2D eigenvalue weighted by atomic mass is 10.2. The Hall–Kier alpha value is -2.77. The highest BCUT2D eigenvalue weighted by Crippen LogP contribution is 2.25. The average molecular weight is 382 g/mol. The van der Waals surface area contributed by atoms with Crippen molar-refractivity contribution in [2.24, 2.45) is 5.10 Å². The highest BCUT2D eigenvalue weighted by molar-refractivity contribution is 6.42. The summed E-state index contributed by atoms with van der Waals surface area (Å²) in [5, 5.41) is 16.2. The number of halogens is 2. The van der Waals surface area contributed by atoms with Crippen LogP contribution in [0.2, 0.25) is 10.0 Å². The van der Waals surface area contributed by atoms with Gasteiger partial charge >= 0.3 is 11.8 Å². The van der Waals surface area contributed by atoms with Gasteiger partial charge in [0, 0.05) is 11.3 Å². The summed E-state index contributed by atoms with van der Waals surface area (Å²) in [7, 11) is 1.47. The van der Waals surface area contributed by atoms with E-state index in [0.29, 0.717) is 22.0 Å². The first-order valence-electron chi connectivity index (χ1n) is 6.87. The lowest BCUT2D eigenvalue weighted by molar-refractivity contribution is -0.136. The highest BCUT2D eigenvalue weighted by atomic mass is 35.5. The molecule has 0 aliphatic carbocycles. The zero-order chi connectivity index (χ0) is 18.4. The van der Waals surface area contributed by atoms with Crippen LogP contribution in [0, 0.1) is 0 Å². The molecule has 25 heavy (non-hydrogen) atoms. The number of carbonyl (C=O) groups excluding carboxylic acids is 2. The Morgan fingerprint density at radius 2 is 1.88 bits per heavy atom. The van der Waals surface area contributed by atoms with Crippen LogP contribution >= 0.6 is 23.2 Å². The zero-order valence-electron chi connectivity index (χ0n) is 12.9. The Bertz CT molecular complexity index is 840. The first kappa shape index (κ1) is 18.6. The molecule has 0 aromatic heterocycles. The summed E-state index contributed by atoms with van der Waals surface area (Å²) in [6.07, 6.45) is 1.18. The van der Waals surface area contributed by atoms with E-state index in [2.05, 4.69) is 10.4 Å². The first-order valence-corrected chi connectivity index (χ1v) is 7.62. The van der Waals surface area contributed by atoms with Crippen LogP contribution in [-0.4, -0.2) is 30.2 Å². The molecule has 2 aromatic rings. The van der Waals surface area contributed by atoms with Gasteiger partial charge in [-0.3, -0.25) is 9.59 Å². The highest BCUT2D eigenvalue weighted by Gasteiger charge is 2.13.